The molecule has 0 radical (unpaired) electrons. The lowest BCUT2D eigenvalue weighted by atomic mass is 10.3. The van der Waals surface area contributed by atoms with Crippen molar-refractivity contribution in [1.82, 2.24) is 24.8 Å². The van der Waals surface area contributed by atoms with Gasteiger partial charge >= 0.3 is 0 Å². The molecule has 176 valence electrons. The largest absolute Gasteiger partial charge is 0.495 e. The lowest BCUT2D eigenvalue weighted by Gasteiger charge is -2.21. The van der Waals surface area contributed by atoms with Crippen molar-refractivity contribution in [2.24, 2.45) is 11.8 Å². The number of rotatable bonds is 7. The minimum atomic E-state index is -0.178. The molecule has 10 heteroatoms. The van der Waals surface area contributed by atoms with E-state index in [1.165, 1.54) is 0 Å². The summed E-state index contributed by atoms with van der Waals surface area (Å²) < 4.78 is 12.4. The zero-order valence-electron chi connectivity index (χ0n) is 18.9. The number of pyridine rings is 3. The van der Waals surface area contributed by atoms with E-state index in [1.807, 2.05) is 18.2 Å². The number of hydrogen-bond acceptors (Lipinski definition) is 8. The minimum absolute atomic E-state index is 0.0226. The van der Waals surface area contributed by atoms with Crippen LogP contribution in [0.1, 0.15) is 5.69 Å². The molecule has 2 N–H and O–H groups in total. The van der Waals surface area contributed by atoms with E-state index in [9.17, 15) is 9.59 Å². The first kappa shape index (κ1) is 21.1. The number of methoxy groups -OCH3 is 1. The number of fused-ring (bicyclic) bond motifs is 3. The van der Waals surface area contributed by atoms with Gasteiger partial charge in [-0.15, -0.1) is 0 Å². The van der Waals surface area contributed by atoms with Crippen LogP contribution in [0.2, 0.25) is 0 Å². The second kappa shape index (κ2) is 8.37. The quantitative estimate of drug-likeness (QED) is 0.532. The molecule has 1 saturated carbocycles. The molecule has 3 aromatic rings. The summed E-state index contributed by atoms with van der Waals surface area (Å²) >= 11 is 0. The maximum Gasteiger partial charge on any atom is 0.263 e. The number of hydrogen-bond donors (Lipinski definition) is 2. The maximum absolute atomic E-state index is 12.5. The van der Waals surface area contributed by atoms with Crippen LogP contribution < -0.4 is 25.7 Å². The average molecular weight is 463 g/mol. The van der Waals surface area contributed by atoms with Crippen LogP contribution >= 0.6 is 0 Å². The molecule has 5 heterocycles. The minimum Gasteiger partial charge on any atom is -0.495 e. The zero-order chi connectivity index (χ0) is 23.2. The predicted molar refractivity (Wildman–Crippen MR) is 125 cm³/mol. The molecule has 1 aliphatic carbocycles. The van der Waals surface area contributed by atoms with E-state index in [0.717, 1.165) is 36.4 Å². The monoisotopic (exact) mass is 462 g/mol. The highest BCUT2D eigenvalue weighted by molar-refractivity contribution is 5.94. The van der Waals surface area contributed by atoms with Crippen LogP contribution in [0.4, 0.5) is 5.82 Å². The number of carbonyl (C=O) groups is 1. The fraction of sp³-hybridized carbons (Fsp3) is 0.417. The highest BCUT2D eigenvalue weighted by atomic mass is 16.5. The number of anilines is 1. The van der Waals surface area contributed by atoms with Crippen LogP contribution in [0, 0.1) is 11.8 Å². The highest BCUT2D eigenvalue weighted by Gasteiger charge is 2.55. The Morgan fingerprint density at radius 2 is 2.03 bits per heavy atom. The van der Waals surface area contributed by atoms with Gasteiger partial charge < -0.3 is 29.6 Å². The average Bonchev–Trinajstić information content (AvgIpc) is 3.30. The SMILES string of the molecule is COc1cnc2ccc(=O)n(CCN3C[C@@H]4[C@H](C3)[C@H]4NCc3ccc4c(n3)NC(=O)CO4)c2c1. The van der Waals surface area contributed by atoms with E-state index in [0.29, 0.717) is 48.3 Å². The van der Waals surface area contributed by atoms with Crippen molar-refractivity contribution in [2.75, 3.05) is 38.7 Å². The second-order valence-corrected chi connectivity index (χ2v) is 9.08. The van der Waals surface area contributed by atoms with E-state index in [4.69, 9.17) is 9.47 Å². The Morgan fingerprint density at radius 1 is 1.18 bits per heavy atom. The van der Waals surface area contributed by atoms with Gasteiger partial charge in [-0.1, -0.05) is 0 Å². The Kier molecular flexibility index (Phi) is 5.19. The van der Waals surface area contributed by atoms with E-state index in [1.54, 1.807) is 30.0 Å². The fourth-order valence-corrected chi connectivity index (χ4v) is 5.16. The van der Waals surface area contributed by atoms with Gasteiger partial charge in [0.1, 0.15) is 5.75 Å². The number of likely N-dealkylation sites (tertiary alicyclic amines) is 1. The molecule has 0 aromatic carbocycles. The second-order valence-electron chi connectivity index (χ2n) is 9.08. The number of piperidine rings is 1. The lowest BCUT2D eigenvalue weighted by Crippen LogP contribution is -2.34. The van der Waals surface area contributed by atoms with Crippen LogP contribution in [-0.4, -0.2) is 64.7 Å². The maximum atomic E-state index is 12.5. The Morgan fingerprint density at radius 3 is 2.85 bits per heavy atom. The van der Waals surface area contributed by atoms with Crippen molar-refractivity contribution >= 4 is 22.8 Å². The number of nitrogens with zero attached hydrogens (tertiary/aromatic N) is 4. The Balaban J connectivity index is 1.03. The molecular formula is C24H26N6O4. The van der Waals surface area contributed by atoms with Crippen LogP contribution in [-0.2, 0) is 17.9 Å². The van der Waals surface area contributed by atoms with Gasteiger partial charge in [0.2, 0.25) is 0 Å². The van der Waals surface area contributed by atoms with Crippen LogP contribution in [0.15, 0.2) is 41.3 Å². The third-order valence-corrected chi connectivity index (χ3v) is 7.01. The molecule has 3 aromatic heterocycles. The molecular weight excluding hydrogens is 436 g/mol. The zero-order valence-corrected chi connectivity index (χ0v) is 18.9. The van der Waals surface area contributed by atoms with E-state index >= 15 is 0 Å². The third-order valence-electron chi connectivity index (χ3n) is 7.01. The van der Waals surface area contributed by atoms with Crippen LogP contribution in [0.5, 0.6) is 11.5 Å². The molecule has 10 nitrogen and oxygen atoms in total. The van der Waals surface area contributed by atoms with Gasteiger partial charge in [-0.2, -0.15) is 0 Å². The summed E-state index contributed by atoms with van der Waals surface area (Å²) in [6, 6.07) is 9.47. The van der Waals surface area contributed by atoms with Crippen molar-refractivity contribution in [3.8, 4) is 11.5 Å². The summed E-state index contributed by atoms with van der Waals surface area (Å²) in [5, 5.41) is 6.37. The van der Waals surface area contributed by atoms with Gasteiger partial charge in [0, 0.05) is 50.9 Å². The van der Waals surface area contributed by atoms with E-state index < -0.39 is 0 Å². The molecule has 1 amide bonds. The summed E-state index contributed by atoms with van der Waals surface area (Å²) in [5.74, 6) is 2.81. The third kappa shape index (κ3) is 3.88. The highest BCUT2D eigenvalue weighted by Crippen LogP contribution is 2.45. The van der Waals surface area contributed by atoms with E-state index in [2.05, 4.69) is 25.5 Å². The van der Waals surface area contributed by atoms with Gasteiger partial charge in [-0.3, -0.25) is 14.6 Å². The van der Waals surface area contributed by atoms with Gasteiger partial charge in [0.15, 0.2) is 18.2 Å². The van der Waals surface area contributed by atoms with Crippen LogP contribution in [0.3, 0.4) is 0 Å². The Bertz CT molecular complexity index is 1310. The number of carbonyl (C=O) groups excluding carboxylic acids is 1. The molecule has 6 rings (SSSR count). The molecule has 2 aliphatic heterocycles. The van der Waals surface area contributed by atoms with Crippen LogP contribution in [0.25, 0.3) is 11.0 Å². The van der Waals surface area contributed by atoms with Gasteiger partial charge in [0.25, 0.3) is 11.5 Å². The molecule has 2 fully saturated rings. The normalized spacial score (nSPS) is 23.2. The van der Waals surface area contributed by atoms with E-state index in [-0.39, 0.29) is 18.1 Å². The van der Waals surface area contributed by atoms with Gasteiger partial charge in [-0.05, 0) is 30.0 Å². The number of nitrogens with one attached hydrogen (secondary N) is 2. The Hall–Kier alpha value is -3.50. The topological polar surface area (TPSA) is 111 Å². The molecule has 0 bridgehead atoms. The smallest absolute Gasteiger partial charge is 0.263 e. The summed E-state index contributed by atoms with van der Waals surface area (Å²) in [6.45, 7) is 4.17. The molecule has 0 unspecified atom stereocenters. The standard InChI is InChI=1S/C24H26N6O4/c1-33-15-8-19-18(25-10-15)3-5-22(32)30(19)7-6-29-11-16-17(12-29)23(16)26-9-14-2-4-20-24(27-14)28-21(31)13-34-20/h2-5,8,10,16-17,23,26H,6-7,9,11-13H2,1H3,(H,27,28,31)/t16-,17+,23+. The summed E-state index contributed by atoms with van der Waals surface area (Å²) in [4.78, 5) is 35.4. The van der Waals surface area contributed by atoms with Crippen molar-refractivity contribution in [2.45, 2.75) is 19.1 Å². The molecule has 0 spiro atoms. The summed E-state index contributed by atoms with van der Waals surface area (Å²) in [6.07, 6.45) is 1.67. The van der Waals surface area contributed by atoms with Gasteiger partial charge in [-0.25, -0.2) is 4.98 Å². The van der Waals surface area contributed by atoms with Crippen molar-refractivity contribution in [3.05, 3.63) is 52.6 Å². The summed E-state index contributed by atoms with van der Waals surface area (Å²) in [7, 11) is 1.60. The summed E-state index contributed by atoms with van der Waals surface area (Å²) in [5.41, 5.74) is 2.45. The number of aromatic nitrogens is 3. The first-order valence-corrected chi connectivity index (χ1v) is 11.5. The van der Waals surface area contributed by atoms with Crippen molar-refractivity contribution in [1.29, 1.82) is 0 Å². The molecule has 3 atom stereocenters. The number of ether oxygens (including phenoxy) is 2. The fourth-order valence-electron chi connectivity index (χ4n) is 5.16. The molecule has 1 saturated heterocycles. The Labute approximate surface area is 195 Å². The van der Waals surface area contributed by atoms with Crippen molar-refractivity contribution < 1.29 is 14.3 Å². The van der Waals surface area contributed by atoms with Crippen molar-refractivity contribution in [3.63, 3.8) is 0 Å². The predicted octanol–water partition coefficient (Wildman–Crippen LogP) is 0.851. The molecule has 3 aliphatic rings. The number of amides is 1. The van der Waals surface area contributed by atoms with Gasteiger partial charge in [0.05, 0.1) is 30.0 Å². The molecule has 34 heavy (non-hydrogen) atoms. The first-order valence-electron chi connectivity index (χ1n) is 11.5. The lowest BCUT2D eigenvalue weighted by molar-refractivity contribution is -0.118. The first-order chi connectivity index (χ1) is 16.6.